The summed E-state index contributed by atoms with van der Waals surface area (Å²) in [4.78, 5) is 2.20. The molecule has 0 radical (unpaired) electrons. The third kappa shape index (κ3) is 2.18. The highest BCUT2D eigenvalue weighted by atomic mass is 15.3. The molecule has 0 amide bonds. The van der Waals surface area contributed by atoms with Crippen LogP contribution in [-0.2, 0) is 13.6 Å². The van der Waals surface area contributed by atoms with Crippen LogP contribution < -0.4 is 10.6 Å². The smallest absolute Gasteiger partial charge is 0.126 e. The zero-order valence-corrected chi connectivity index (χ0v) is 11.4. The van der Waals surface area contributed by atoms with E-state index in [1.807, 2.05) is 14.0 Å². The summed E-state index contributed by atoms with van der Waals surface area (Å²) in [5, 5.41) is 4.34. The highest BCUT2D eigenvalue weighted by Gasteiger charge is 2.13. The normalized spacial score (nSPS) is 10.7. The number of nitrogens with zero attached hydrogens (tertiary/aromatic N) is 3. The zero-order chi connectivity index (χ0) is 13.3. The molecular weight excluding hydrogens is 224 g/mol. The fourth-order valence-corrected chi connectivity index (χ4v) is 2.23. The van der Waals surface area contributed by atoms with Gasteiger partial charge in [-0.15, -0.1) is 0 Å². The van der Waals surface area contributed by atoms with E-state index in [-0.39, 0.29) is 0 Å². The molecule has 0 saturated heterocycles. The summed E-state index contributed by atoms with van der Waals surface area (Å²) in [6.45, 7) is 4.89. The molecule has 0 aliphatic carbocycles. The van der Waals surface area contributed by atoms with Crippen molar-refractivity contribution in [2.24, 2.45) is 7.05 Å². The molecule has 1 aromatic carbocycles. The third-order valence-corrected chi connectivity index (χ3v) is 3.32. The molecule has 1 aromatic heterocycles. The van der Waals surface area contributed by atoms with Crippen LogP contribution in [0.2, 0.25) is 0 Å². The molecule has 0 unspecified atom stereocenters. The second-order valence-electron chi connectivity index (χ2n) is 4.72. The van der Waals surface area contributed by atoms with Crippen molar-refractivity contribution in [2.75, 3.05) is 17.7 Å². The molecule has 0 bridgehead atoms. The lowest BCUT2D eigenvalue weighted by Crippen LogP contribution is -2.18. The molecule has 2 aromatic rings. The van der Waals surface area contributed by atoms with E-state index in [0.29, 0.717) is 0 Å². The molecule has 4 nitrogen and oxygen atoms in total. The van der Waals surface area contributed by atoms with E-state index in [0.717, 1.165) is 23.6 Å². The number of aryl methyl sites for hydroxylation is 3. The Morgan fingerprint density at radius 1 is 1.28 bits per heavy atom. The van der Waals surface area contributed by atoms with Crippen molar-refractivity contribution in [1.82, 2.24) is 9.78 Å². The standard InChI is InChI=1S/C14H20N4/c1-10-7-5-6-8-13(10)17(3)9-12-11(2)16-18(4)14(12)15/h5-8H,9,15H2,1-4H3. The van der Waals surface area contributed by atoms with E-state index in [1.165, 1.54) is 11.3 Å². The molecular formula is C14H20N4. The number of benzene rings is 1. The number of nitrogen functional groups attached to an aromatic ring is 1. The first-order valence-corrected chi connectivity index (χ1v) is 6.05. The summed E-state index contributed by atoms with van der Waals surface area (Å²) in [7, 11) is 3.95. The van der Waals surface area contributed by atoms with Gasteiger partial charge in [-0.3, -0.25) is 4.68 Å². The highest BCUT2D eigenvalue weighted by Crippen LogP contribution is 2.23. The van der Waals surface area contributed by atoms with Crippen molar-refractivity contribution in [3.8, 4) is 0 Å². The lowest BCUT2D eigenvalue weighted by Gasteiger charge is -2.21. The molecule has 1 heterocycles. The maximum absolute atomic E-state index is 6.04. The fourth-order valence-electron chi connectivity index (χ4n) is 2.23. The molecule has 0 saturated carbocycles. The van der Waals surface area contributed by atoms with Crippen molar-refractivity contribution in [1.29, 1.82) is 0 Å². The van der Waals surface area contributed by atoms with Gasteiger partial charge >= 0.3 is 0 Å². The van der Waals surface area contributed by atoms with E-state index >= 15 is 0 Å². The van der Waals surface area contributed by atoms with Crippen molar-refractivity contribution in [3.63, 3.8) is 0 Å². The summed E-state index contributed by atoms with van der Waals surface area (Å²) < 4.78 is 1.73. The molecule has 18 heavy (non-hydrogen) atoms. The molecule has 4 heteroatoms. The van der Waals surface area contributed by atoms with Gasteiger partial charge in [0, 0.05) is 31.9 Å². The van der Waals surface area contributed by atoms with Crippen molar-refractivity contribution in [3.05, 3.63) is 41.1 Å². The minimum absolute atomic E-state index is 0.743. The monoisotopic (exact) mass is 244 g/mol. The molecule has 0 atom stereocenters. The number of nitrogens with two attached hydrogens (primary N) is 1. The van der Waals surface area contributed by atoms with Crippen molar-refractivity contribution < 1.29 is 0 Å². The Hall–Kier alpha value is -1.97. The largest absolute Gasteiger partial charge is 0.384 e. The Morgan fingerprint density at radius 2 is 1.94 bits per heavy atom. The Kier molecular flexibility index (Phi) is 3.28. The van der Waals surface area contributed by atoms with Gasteiger partial charge in [0.05, 0.1) is 5.69 Å². The molecule has 0 aliphatic heterocycles. The predicted octanol–water partition coefficient (Wildman–Crippen LogP) is 2.26. The number of anilines is 2. The van der Waals surface area contributed by atoms with Crippen LogP contribution in [0.25, 0.3) is 0 Å². The topological polar surface area (TPSA) is 47.1 Å². The summed E-state index contributed by atoms with van der Waals surface area (Å²) in [5.41, 5.74) is 10.6. The van der Waals surface area contributed by atoms with Crippen LogP contribution in [0.1, 0.15) is 16.8 Å². The molecule has 0 fully saturated rings. The zero-order valence-electron chi connectivity index (χ0n) is 11.4. The number of rotatable bonds is 3. The first-order valence-electron chi connectivity index (χ1n) is 6.05. The second-order valence-corrected chi connectivity index (χ2v) is 4.72. The van der Waals surface area contributed by atoms with Crippen LogP contribution in [0, 0.1) is 13.8 Å². The summed E-state index contributed by atoms with van der Waals surface area (Å²) in [6, 6.07) is 8.34. The summed E-state index contributed by atoms with van der Waals surface area (Å²) in [5.74, 6) is 0.743. The van der Waals surface area contributed by atoms with Crippen LogP contribution in [0.15, 0.2) is 24.3 Å². The third-order valence-electron chi connectivity index (χ3n) is 3.32. The second kappa shape index (κ2) is 4.72. The van der Waals surface area contributed by atoms with Gasteiger partial charge in [0.25, 0.3) is 0 Å². The lowest BCUT2D eigenvalue weighted by molar-refractivity contribution is 0.767. The Balaban J connectivity index is 2.27. The van der Waals surface area contributed by atoms with E-state index in [4.69, 9.17) is 5.73 Å². The lowest BCUT2D eigenvalue weighted by atomic mass is 10.1. The van der Waals surface area contributed by atoms with Gasteiger partial charge in [-0.1, -0.05) is 18.2 Å². The highest BCUT2D eigenvalue weighted by molar-refractivity contribution is 5.54. The van der Waals surface area contributed by atoms with E-state index in [1.54, 1.807) is 4.68 Å². The minimum atomic E-state index is 0.743. The minimum Gasteiger partial charge on any atom is -0.384 e. The van der Waals surface area contributed by atoms with Gasteiger partial charge in [0.15, 0.2) is 0 Å². The fraction of sp³-hybridized carbons (Fsp3) is 0.357. The van der Waals surface area contributed by atoms with Gasteiger partial charge in [-0.2, -0.15) is 5.10 Å². The maximum Gasteiger partial charge on any atom is 0.126 e. The Bertz CT molecular complexity index is 557. The van der Waals surface area contributed by atoms with Crippen LogP contribution in [0.4, 0.5) is 11.5 Å². The van der Waals surface area contributed by atoms with Gasteiger partial charge < -0.3 is 10.6 Å². The summed E-state index contributed by atoms with van der Waals surface area (Å²) >= 11 is 0. The van der Waals surface area contributed by atoms with Crippen LogP contribution >= 0.6 is 0 Å². The molecule has 0 spiro atoms. The first kappa shape index (κ1) is 12.5. The van der Waals surface area contributed by atoms with Crippen LogP contribution in [0.5, 0.6) is 0 Å². The van der Waals surface area contributed by atoms with Gasteiger partial charge in [-0.05, 0) is 25.5 Å². The summed E-state index contributed by atoms with van der Waals surface area (Å²) in [6.07, 6.45) is 0. The van der Waals surface area contributed by atoms with Crippen LogP contribution in [-0.4, -0.2) is 16.8 Å². The number of hydrogen-bond donors (Lipinski definition) is 1. The average molecular weight is 244 g/mol. The van der Waals surface area contributed by atoms with E-state index in [2.05, 4.69) is 48.2 Å². The SMILES string of the molecule is Cc1ccccc1N(C)Cc1c(C)nn(C)c1N. The quantitative estimate of drug-likeness (QED) is 0.901. The van der Waals surface area contributed by atoms with Gasteiger partial charge in [0.2, 0.25) is 0 Å². The maximum atomic E-state index is 6.04. The molecule has 96 valence electrons. The number of hydrogen-bond acceptors (Lipinski definition) is 3. The van der Waals surface area contributed by atoms with E-state index in [9.17, 15) is 0 Å². The van der Waals surface area contributed by atoms with Gasteiger partial charge in [0.1, 0.15) is 5.82 Å². The molecule has 2 N–H and O–H groups in total. The van der Waals surface area contributed by atoms with E-state index < -0.39 is 0 Å². The van der Waals surface area contributed by atoms with Crippen LogP contribution in [0.3, 0.4) is 0 Å². The Morgan fingerprint density at radius 3 is 2.50 bits per heavy atom. The average Bonchev–Trinajstić information content (AvgIpc) is 2.56. The predicted molar refractivity (Wildman–Crippen MR) is 75.6 cm³/mol. The number of para-hydroxylation sites is 1. The molecule has 0 aliphatic rings. The van der Waals surface area contributed by atoms with Crippen molar-refractivity contribution in [2.45, 2.75) is 20.4 Å². The number of aromatic nitrogens is 2. The van der Waals surface area contributed by atoms with Crippen molar-refractivity contribution >= 4 is 11.5 Å². The van der Waals surface area contributed by atoms with Gasteiger partial charge in [-0.25, -0.2) is 0 Å². The molecule has 2 rings (SSSR count). The Labute approximate surface area is 108 Å². The first-order chi connectivity index (χ1) is 8.50.